The van der Waals surface area contributed by atoms with E-state index in [9.17, 15) is 4.79 Å². The summed E-state index contributed by atoms with van der Waals surface area (Å²) in [6.45, 7) is 10.8. The van der Waals surface area contributed by atoms with E-state index in [1.807, 2.05) is 37.8 Å². The highest BCUT2D eigenvalue weighted by Crippen LogP contribution is 2.28. The van der Waals surface area contributed by atoms with Gasteiger partial charge >= 0.3 is 6.09 Å². The monoisotopic (exact) mass is 414 g/mol. The molecule has 1 aliphatic rings. The Labute approximate surface area is 179 Å². The number of carbonyl (C=O) groups is 1. The van der Waals surface area contributed by atoms with Crippen molar-refractivity contribution in [2.24, 2.45) is 0 Å². The van der Waals surface area contributed by atoms with Crippen LogP contribution in [-0.2, 0) is 11.2 Å². The zero-order valence-corrected chi connectivity index (χ0v) is 18.6. The van der Waals surface area contributed by atoms with E-state index in [0.29, 0.717) is 13.1 Å². The predicted octanol–water partition coefficient (Wildman–Crippen LogP) is 5.48. The second-order valence-electron chi connectivity index (χ2n) is 8.76. The molecule has 1 saturated heterocycles. The number of piperazine rings is 1. The van der Waals surface area contributed by atoms with Gasteiger partial charge in [0.05, 0.1) is 0 Å². The molecule has 4 nitrogen and oxygen atoms in total. The van der Waals surface area contributed by atoms with Gasteiger partial charge in [-0.1, -0.05) is 53.6 Å². The molecule has 156 valence electrons. The fourth-order valence-electron chi connectivity index (χ4n) is 3.63. The van der Waals surface area contributed by atoms with Crippen LogP contribution in [0.15, 0.2) is 48.5 Å². The first-order chi connectivity index (χ1) is 13.7. The summed E-state index contributed by atoms with van der Waals surface area (Å²) in [6, 6.07) is 17.1. The minimum atomic E-state index is -0.467. The first-order valence-corrected chi connectivity index (χ1v) is 10.6. The zero-order valence-electron chi connectivity index (χ0n) is 17.8. The number of amides is 1. The maximum absolute atomic E-state index is 12.4. The molecule has 0 saturated carbocycles. The number of hydrogen-bond donors (Lipinski definition) is 0. The maximum atomic E-state index is 12.4. The van der Waals surface area contributed by atoms with E-state index >= 15 is 0 Å². The van der Waals surface area contributed by atoms with Crippen molar-refractivity contribution in [3.63, 3.8) is 0 Å². The van der Waals surface area contributed by atoms with Crippen LogP contribution < -0.4 is 0 Å². The van der Waals surface area contributed by atoms with Gasteiger partial charge in [-0.2, -0.15) is 0 Å². The third-order valence-corrected chi connectivity index (χ3v) is 5.46. The highest BCUT2D eigenvalue weighted by Gasteiger charge is 2.29. The smallest absolute Gasteiger partial charge is 0.410 e. The summed E-state index contributed by atoms with van der Waals surface area (Å²) in [5.74, 6) is 0. The van der Waals surface area contributed by atoms with Crippen molar-refractivity contribution < 1.29 is 9.53 Å². The van der Waals surface area contributed by atoms with Gasteiger partial charge in [-0.05, 0) is 57.4 Å². The second kappa shape index (κ2) is 9.19. The molecule has 1 fully saturated rings. The minimum absolute atomic E-state index is 0.223. The molecular formula is C24H31ClN2O2. The van der Waals surface area contributed by atoms with Crippen LogP contribution in [0.2, 0.25) is 5.02 Å². The number of carbonyl (C=O) groups excluding carboxylic acids is 1. The standard InChI is InChI=1S/C24H31ClN2O2/c1-18-5-7-19(8-6-18)17-22(20-9-11-21(25)12-10-20)26-13-15-27(16-14-26)23(28)29-24(2,3)4/h5-12,22H,13-17H2,1-4H3. The highest BCUT2D eigenvalue weighted by atomic mass is 35.5. The summed E-state index contributed by atoms with van der Waals surface area (Å²) in [6.07, 6.45) is 0.702. The van der Waals surface area contributed by atoms with Crippen LogP contribution in [0.4, 0.5) is 4.79 Å². The lowest BCUT2D eigenvalue weighted by atomic mass is 9.96. The number of aryl methyl sites for hydroxylation is 1. The Morgan fingerprint density at radius 1 is 1.00 bits per heavy atom. The Bertz CT molecular complexity index is 804. The van der Waals surface area contributed by atoms with Crippen LogP contribution in [0.1, 0.15) is 43.5 Å². The van der Waals surface area contributed by atoms with E-state index in [0.717, 1.165) is 24.5 Å². The van der Waals surface area contributed by atoms with Gasteiger partial charge in [0.1, 0.15) is 5.60 Å². The molecule has 2 aromatic rings. The number of nitrogens with zero attached hydrogens (tertiary/aromatic N) is 2. The van der Waals surface area contributed by atoms with Crippen LogP contribution in [0.3, 0.4) is 0 Å². The van der Waals surface area contributed by atoms with Crippen molar-refractivity contribution in [3.05, 3.63) is 70.2 Å². The number of hydrogen-bond acceptors (Lipinski definition) is 3. The molecule has 0 aromatic heterocycles. The quantitative estimate of drug-likeness (QED) is 0.663. The Morgan fingerprint density at radius 3 is 2.14 bits per heavy atom. The van der Waals surface area contributed by atoms with E-state index in [1.165, 1.54) is 16.7 Å². The van der Waals surface area contributed by atoms with Crippen LogP contribution >= 0.6 is 11.6 Å². The molecule has 0 aliphatic carbocycles. The van der Waals surface area contributed by atoms with E-state index in [4.69, 9.17) is 16.3 Å². The molecule has 0 bridgehead atoms. The molecule has 1 heterocycles. The average Bonchev–Trinajstić information content (AvgIpc) is 2.67. The van der Waals surface area contributed by atoms with Gasteiger partial charge in [-0.15, -0.1) is 0 Å². The van der Waals surface area contributed by atoms with Crippen molar-refractivity contribution in [1.29, 1.82) is 0 Å². The van der Waals surface area contributed by atoms with Crippen molar-refractivity contribution in [2.75, 3.05) is 26.2 Å². The number of benzene rings is 2. The summed E-state index contributed by atoms with van der Waals surface area (Å²) in [4.78, 5) is 16.7. The minimum Gasteiger partial charge on any atom is -0.444 e. The Kier molecular flexibility index (Phi) is 6.86. The van der Waals surface area contributed by atoms with E-state index in [2.05, 4.69) is 48.2 Å². The third kappa shape index (κ3) is 6.22. The summed E-state index contributed by atoms with van der Waals surface area (Å²) >= 11 is 6.11. The molecule has 2 aromatic carbocycles. The Morgan fingerprint density at radius 2 is 1.59 bits per heavy atom. The van der Waals surface area contributed by atoms with Crippen molar-refractivity contribution >= 4 is 17.7 Å². The van der Waals surface area contributed by atoms with Crippen molar-refractivity contribution in [1.82, 2.24) is 9.80 Å². The first-order valence-electron chi connectivity index (χ1n) is 10.2. The van der Waals surface area contributed by atoms with Crippen LogP contribution in [0, 0.1) is 6.92 Å². The van der Waals surface area contributed by atoms with Gasteiger partial charge in [-0.3, -0.25) is 4.90 Å². The average molecular weight is 415 g/mol. The Balaban J connectivity index is 1.72. The summed E-state index contributed by atoms with van der Waals surface area (Å²) < 4.78 is 5.53. The number of ether oxygens (including phenoxy) is 1. The van der Waals surface area contributed by atoms with Gasteiger partial charge in [0, 0.05) is 37.2 Å². The molecule has 29 heavy (non-hydrogen) atoms. The van der Waals surface area contributed by atoms with E-state index in [1.54, 1.807) is 0 Å². The molecule has 0 radical (unpaired) electrons. The first kappa shape index (κ1) is 21.7. The van der Waals surface area contributed by atoms with E-state index in [-0.39, 0.29) is 12.1 Å². The SMILES string of the molecule is Cc1ccc(CC(c2ccc(Cl)cc2)N2CCN(C(=O)OC(C)(C)C)CC2)cc1. The van der Waals surface area contributed by atoms with Crippen LogP contribution in [0.5, 0.6) is 0 Å². The molecule has 0 spiro atoms. The fourth-order valence-corrected chi connectivity index (χ4v) is 3.76. The zero-order chi connectivity index (χ0) is 21.0. The van der Waals surface area contributed by atoms with Gasteiger partial charge in [0.15, 0.2) is 0 Å². The lowest BCUT2D eigenvalue weighted by Crippen LogP contribution is -2.51. The van der Waals surface area contributed by atoms with Gasteiger partial charge in [-0.25, -0.2) is 4.79 Å². The summed E-state index contributed by atoms with van der Waals surface area (Å²) in [5.41, 5.74) is 3.36. The van der Waals surface area contributed by atoms with Crippen LogP contribution in [0.25, 0.3) is 0 Å². The van der Waals surface area contributed by atoms with Gasteiger partial charge < -0.3 is 9.64 Å². The molecular weight excluding hydrogens is 384 g/mol. The summed E-state index contributed by atoms with van der Waals surface area (Å²) in [7, 11) is 0. The molecule has 1 unspecified atom stereocenters. The number of halogens is 1. The molecule has 1 aliphatic heterocycles. The second-order valence-corrected chi connectivity index (χ2v) is 9.20. The molecule has 5 heteroatoms. The molecule has 1 atom stereocenters. The predicted molar refractivity (Wildman–Crippen MR) is 118 cm³/mol. The Hall–Kier alpha value is -2.04. The molecule has 3 rings (SSSR count). The highest BCUT2D eigenvalue weighted by molar-refractivity contribution is 6.30. The van der Waals surface area contributed by atoms with Crippen molar-refractivity contribution in [2.45, 2.75) is 45.8 Å². The maximum Gasteiger partial charge on any atom is 0.410 e. The fraction of sp³-hybridized carbons (Fsp3) is 0.458. The lowest BCUT2D eigenvalue weighted by Gasteiger charge is -2.40. The molecule has 1 amide bonds. The third-order valence-electron chi connectivity index (χ3n) is 5.21. The largest absolute Gasteiger partial charge is 0.444 e. The normalized spacial score (nSPS) is 16.5. The topological polar surface area (TPSA) is 32.8 Å². The summed E-state index contributed by atoms with van der Waals surface area (Å²) in [5, 5.41) is 0.748. The van der Waals surface area contributed by atoms with Crippen LogP contribution in [-0.4, -0.2) is 47.7 Å². The van der Waals surface area contributed by atoms with Crippen molar-refractivity contribution in [3.8, 4) is 0 Å². The van der Waals surface area contributed by atoms with E-state index < -0.39 is 5.60 Å². The molecule has 0 N–H and O–H groups in total. The van der Waals surface area contributed by atoms with Gasteiger partial charge in [0.2, 0.25) is 0 Å². The van der Waals surface area contributed by atoms with Gasteiger partial charge in [0.25, 0.3) is 0 Å². The lowest BCUT2D eigenvalue weighted by molar-refractivity contribution is 0.0102. The number of rotatable bonds is 4.